The Labute approximate surface area is 162 Å². The lowest BCUT2D eigenvalue weighted by Crippen LogP contribution is -2.35. The highest BCUT2D eigenvalue weighted by molar-refractivity contribution is 7.14. The molecule has 0 aliphatic carbocycles. The van der Waals surface area contributed by atoms with Crippen molar-refractivity contribution in [3.8, 4) is 22.4 Å². The van der Waals surface area contributed by atoms with Crippen molar-refractivity contribution in [2.45, 2.75) is 32.7 Å². The van der Waals surface area contributed by atoms with E-state index >= 15 is 0 Å². The van der Waals surface area contributed by atoms with E-state index in [1.807, 2.05) is 31.4 Å². The molecule has 6 heteroatoms. The van der Waals surface area contributed by atoms with Crippen LogP contribution < -0.4 is 10.6 Å². The predicted octanol–water partition coefficient (Wildman–Crippen LogP) is 4.18. The summed E-state index contributed by atoms with van der Waals surface area (Å²) in [5.74, 6) is 0.00452. The van der Waals surface area contributed by atoms with Gasteiger partial charge in [-0.05, 0) is 62.6 Å². The number of nitrogens with zero attached hydrogens (tertiary/aromatic N) is 2. The lowest BCUT2D eigenvalue weighted by molar-refractivity contribution is -0.117. The van der Waals surface area contributed by atoms with Gasteiger partial charge >= 0.3 is 0 Å². The minimum atomic E-state index is -0.0983. The summed E-state index contributed by atoms with van der Waals surface area (Å²) in [6.07, 6.45) is 1.93. The molecular formula is C21H22N4OS. The molecule has 1 fully saturated rings. The van der Waals surface area contributed by atoms with E-state index in [0.717, 1.165) is 53.2 Å². The molecular weight excluding hydrogens is 356 g/mol. The number of aromatic nitrogens is 2. The summed E-state index contributed by atoms with van der Waals surface area (Å²) in [4.78, 5) is 21.3. The summed E-state index contributed by atoms with van der Waals surface area (Å²) in [5, 5.41) is 8.77. The maximum Gasteiger partial charge on any atom is 0.243 e. The average Bonchev–Trinajstić information content (AvgIpc) is 3.33. The first-order valence-corrected chi connectivity index (χ1v) is 10.0. The van der Waals surface area contributed by atoms with Crippen LogP contribution in [-0.4, -0.2) is 28.5 Å². The van der Waals surface area contributed by atoms with E-state index in [-0.39, 0.29) is 11.9 Å². The van der Waals surface area contributed by atoms with Gasteiger partial charge in [0.1, 0.15) is 0 Å². The van der Waals surface area contributed by atoms with Crippen molar-refractivity contribution in [3.63, 3.8) is 0 Å². The van der Waals surface area contributed by atoms with Gasteiger partial charge in [0.25, 0.3) is 0 Å². The molecule has 1 aliphatic rings. The lowest BCUT2D eigenvalue weighted by atomic mass is 10.0. The van der Waals surface area contributed by atoms with Crippen LogP contribution in [0.1, 0.15) is 24.2 Å². The number of amides is 1. The third-order valence-electron chi connectivity index (χ3n) is 4.68. The van der Waals surface area contributed by atoms with Crippen molar-refractivity contribution in [3.05, 3.63) is 53.2 Å². The minimum Gasteiger partial charge on any atom is -0.306 e. The second kappa shape index (κ2) is 7.58. The van der Waals surface area contributed by atoms with Crippen LogP contribution in [-0.2, 0) is 4.79 Å². The first-order valence-electron chi connectivity index (χ1n) is 9.14. The molecule has 27 heavy (non-hydrogen) atoms. The first-order chi connectivity index (χ1) is 13.1. The zero-order chi connectivity index (χ0) is 18.8. The third-order valence-corrected chi connectivity index (χ3v) is 5.44. The molecule has 138 valence electrons. The number of nitrogens with one attached hydrogen (secondary N) is 2. The minimum absolute atomic E-state index is 0.00452. The summed E-state index contributed by atoms with van der Waals surface area (Å²) in [6, 6.07) is 12.4. The fourth-order valence-corrected chi connectivity index (χ4v) is 4.15. The monoisotopic (exact) mass is 378 g/mol. The molecule has 1 amide bonds. The molecule has 1 atom stereocenters. The van der Waals surface area contributed by atoms with Gasteiger partial charge in [0, 0.05) is 22.3 Å². The van der Waals surface area contributed by atoms with E-state index in [2.05, 4.69) is 44.9 Å². The van der Waals surface area contributed by atoms with Gasteiger partial charge in [-0.15, -0.1) is 11.3 Å². The smallest absolute Gasteiger partial charge is 0.243 e. The van der Waals surface area contributed by atoms with Gasteiger partial charge in [0.15, 0.2) is 5.13 Å². The number of anilines is 1. The zero-order valence-electron chi connectivity index (χ0n) is 15.5. The van der Waals surface area contributed by atoms with Gasteiger partial charge in [0.2, 0.25) is 5.91 Å². The van der Waals surface area contributed by atoms with Crippen LogP contribution in [0.5, 0.6) is 0 Å². The van der Waals surface area contributed by atoms with Crippen LogP contribution in [0.15, 0.2) is 41.8 Å². The molecule has 0 bridgehead atoms. The van der Waals surface area contributed by atoms with Crippen LogP contribution in [0.3, 0.4) is 0 Å². The number of aryl methyl sites for hydroxylation is 2. The highest BCUT2D eigenvalue weighted by Gasteiger charge is 2.22. The third kappa shape index (κ3) is 4.07. The number of hydrogen-bond donors (Lipinski definition) is 2. The summed E-state index contributed by atoms with van der Waals surface area (Å²) in [6.45, 7) is 4.92. The van der Waals surface area contributed by atoms with Crippen molar-refractivity contribution in [2.24, 2.45) is 0 Å². The fourth-order valence-electron chi connectivity index (χ4n) is 3.42. The Hall–Kier alpha value is -2.57. The summed E-state index contributed by atoms with van der Waals surface area (Å²) >= 11 is 1.46. The predicted molar refractivity (Wildman–Crippen MR) is 110 cm³/mol. The van der Waals surface area contributed by atoms with Gasteiger partial charge in [-0.3, -0.25) is 9.78 Å². The Bertz CT molecular complexity index is 956. The van der Waals surface area contributed by atoms with Gasteiger partial charge in [0.05, 0.1) is 11.7 Å². The van der Waals surface area contributed by atoms with Crippen molar-refractivity contribution >= 4 is 22.4 Å². The molecule has 1 aliphatic heterocycles. The summed E-state index contributed by atoms with van der Waals surface area (Å²) in [7, 11) is 0. The largest absolute Gasteiger partial charge is 0.306 e. The number of thiazole rings is 1. The maximum atomic E-state index is 12.3. The molecule has 3 heterocycles. The maximum absolute atomic E-state index is 12.3. The van der Waals surface area contributed by atoms with Crippen LogP contribution in [0.4, 0.5) is 5.13 Å². The Kier molecular flexibility index (Phi) is 5.01. The van der Waals surface area contributed by atoms with E-state index < -0.39 is 0 Å². The molecule has 2 aromatic heterocycles. The average molecular weight is 379 g/mol. The first kappa shape index (κ1) is 17.8. The van der Waals surface area contributed by atoms with E-state index in [9.17, 15) is 4.79 Å². The molecule has 2 N–H and O–H groups in total. The quantitative estimate of drug-likeness (QED) is 0.715. The summed E-state index contributed by atoms with van der Waals surface area (Å²) < 4.78 is 0. The molecule has 0 radical (unpaired) electrons. The number of benzene rings is 1. The zero-order valence-corrected chi connectivity index (χ0v) is 16.3. The number of carbonyl (C=O) groups is 1. The van der Waals surface area contributed by atoms with Crippen molar-refractivity contribution in [1.82, 2.24) is 15.3 Å². The van der Waals surface area contributed by atoms with Gasteiger partial charge in [-0.2, -0.15) is 0 Å². The van der Waals surface area contributed by atoms with Gasteiger partial charge < -0.3 is 10.6 Å². The van der Waals surface area contributed by atoms with Crippen molar-refractivity contribution in [1.29, 1.82) is 0 Å². The van der Waals surface area contributed by atoms with E-state index in [1.165, 1.54) is 11.3 Å². The number of carbonyl (C=O) groups excluding carboxylic acids is 1. The summed E-state index contributed by atoms with van der Waals surface area (Å²) in [5.41, 5.74) is 6.21. The molecule has 3 aromatic rings. The molecule has 1 saturated heterocycles. The van der Waals surface area contributed by atoms with E-state index in [1.54, 1.807) is 0 Å². The van der Waals surface area contributed by atoms with Crippen LogP contribution in [0, 0.1) is 13.8 Å². The van der Waals surface area contributed by atoms with E-state index in [0.29, 0.717) is 5.13 Å². The Morgan fingerprint density at radius 1 is 1.11 bits per heavy atom. The molecule has 1 aromatic carbocycles. The van der Waals surface area contributed by atoms with Crippen LogP contribution in [0.2, 0.25) is 0 Å². The second-order valence-corrected chi connectivity index (χ2v) is 7.75. The molecule has 5 nitrogen and oxygen atoms in total. The Morgan fingerprint density at radius 2 is 1.89 bits per heavy atom. The Balaban J connectivity index is 1.55. The number of pyridine rings is 1. The molecule has 0 spiro atoms. The molecule has 0 unspecified atom stereocenters. The highest BCUT2D eigenvalue weighted by Crippen LogP contribution is 2.29. The fraction of sp³-hybridized carbons (Fsp3) is 0.286. The lowest BCUT2D eigenvalue weighted by Gasteiger charge is -2.08. The van der Waals surface area contributed by atoms with E-state index in [4.69, 9.17) is 0 Å². The van der Waals surface area contributed by atoms with Crippen LogP contribution >= 0.6 is 11.3 Å². The number of hydrogen-bond acceptors (Lipinski definition) is 5. The van der Waals surface area contributed by atoms with Crippen LogP contribution in [0.25, 0.3) is 22.4 Å². The van der Waals surface area contributed by atoms with Gasteiger partial charge in [-0.25, -0.2) is 4.98 Å². The topological polar surface area (TPSA) is 66.9 Å². The van der Waals surface area contributed by atoms with Crippen molar-refractivity contribution in [2.75, 3.05) is 11.9 Å². The highest BCUT2D eigenvalue weighted by atomic mass is 32.1. The molecule has 0 saturated carbocycles. The SMILES string of the molecule is Cc1cc(-c2cccc(-c3csc(NC(=O)[C@@H]4CCCN4)n3)c2)cc(C)n1. The van der Waals surface area contributed by atoms with Crippen molar-refractivity contribution < 1.29 is 4.79 Å². The normalized spacial score (nSPS) is 16.4. The van der Waals surface area contributed by atoms with Gasteiger partial charge in [-0.1, -0.05) is 18.2 Å². The second-order valence-electron chi connectivity index (χ2n) is 6.90. The standard InChI is InChI=1S/C21H22N4OS/c1-13-9-17(10-14(2)23-13)15-5-3-6-16(11-15)19-12-27-21(24-19)25-20(26)18-7-4-8-22-18/h3,5-6,9-12,18,22H,4,7-8H2,1-2H3,(H,24,25,26)/t18-/m0/s1. The molecule has 4 rings (SSSR count). The Morgan fingerprint density at radius 3 is 2.63 bits per heavy atom. The number of rotatable bonds is 4.